The summed E-state index contributed by atoms with van der Waals surface area (Å²) in [6, 6.07) is 6.79. The number of likely N-dealkylation sites (tertiary alicyclic amines) is 1. The van der Waals surface area contributed by atoms with E-state index in [0.717, 1.165) is 17.3 Å². The summed E-state index contributed by atoms with van der Waals surface area (Å²) in [5.74, 6) is -0.299. The van der Waals surface area contributed by atoms with Crippen LogP contribution in [0.2, 0.25) is 0 Å². The number of anilines is 2. The van der Waals surface area contributed by atoms with Gasteiger partial charge in [-0.05, 0) is 36.6 Å². The van der Waals surface area contributed by atoms with Crippen molar-refractivity contribution in [2.24, 2.45) is 5.73 Å². The first kappa shape index (κ1) is 28.6. The van der Waals surface area contributed by atoms with E-state index < -0.39 is 11.9 Å². The zero-order valence-electron chi connectivity index (χ0n) is 22.5. The fourth-order valence-electron chi connectivity index (χ4n) is 4.88. The Hall–Kier alpha value is -4.97. The lowest BCUT2D eigenvalue weighted by Gasteiger charge is -2.17. The van der Waals surface area contributed by atoms with Gasteiger partial charge in [-0.2, -0.15) is 23.5 Å². The Balaban J connectivity index is 1.37. The number of amides is 2. The SMILES string of the molecule is CCc1cc(Nc2nccn3c(-c4cn(CC#N)nc4C(F)(F)F)cnc23)ccc1C(=O)NCC(=O)N1CCC(N)C1. The molecule has 1 unspecified atom stereocenters. The molecule has 218 valence electrons. The third-order valence-electron chi connectivity index (χ3n) is 6.94. The highest BCUT2D eigenvalue weighted by Crippen LogP contribution is 2.37. The Morgan fingerprint density at radius 2 is 2.07 bits per heavy atom. The fraction of sp³-hybridized carbons (Fsp3) is 0.333. The molecule has 15 heteroatoms. The predicted octanol–water partition coefficient (Wildman–Crippen LogP) is 2.73. The van der Waals surface area contributed by atoms with Crippen LogP contribution >= 0.6 is 0 Å². The van der Waals surface area contributed by atoms with Gasteiger partial charge in [-0.1, -0.05) is 6.92 Å². The van der Waals surface area contributed by atoms with Crippen molar-refractivity contribution in [3.05, 3.63) is 59.8 Å². The first-order chi connectivity index (χ1) is 20.1. The van der Waals surface area contributed by atoms with Gasteiger partial charge in [0.2, 0.25) is 5.91 Å². The third kappa shape index (κ3) is 5.75. The standard InChI is InChI=1S/C27H27F3N10O2/c1-2-16-11-18(3-4-19(16)26(42)35-13-22(41)38-8-5-17(32)14-38)36-24-25-34-12-21(40(25)10-7-33-24)20-15-39(9-6-31)37-23(20)27(28,29)30/h3-4,7,10-12,15,17H,2,5,8-9,13-14,32H2,1H3,(H,33,36)(H,35,42). The molecule has 3 aromatic heterocycles. The minimum atomic E-state index is -4.74. The quantitative estimate of drug-likeness (QED) is 0.287. The maximum atomic E-state index is 13.7. The van der Waals surface area contributed by atoms with Gasteiger partial charge in [0, 0.05) is 49.0 Å². The number of rotatable bonds is 8. The summed E-state index contributed by atoms with van der Waals surface area (Å²) < 4.78 is 43.6. The molecule has 1 fully saturated rings. The van der Waals surface area contributed by atoms with Crippen molar-refractivity contribution in [3.8, 4) is 17.3 Å². The van der Waals surface area contributed by atoms with E-state index in [1.165, 1.54) is 23.0 Å². The molecule has 1 atom stereocenters. The molecule has 4 aromatic rings. The van der Waals surface area contributed by atoms with Crippen molar-refractivity contribution in [2.75, 3.05) is 25.0 Å². The van der Waals surface area contributed by atoms with Crippen molar-refractivity contribution in [1.29, 1.82) is 5.26 Å². The van der Waals surface area contributed by atoms with E-state index in [9.17, 15) is 22.8 Å². The average molecular weight is 581 g/mol. The number of carbonyl (C=O) groups is 2. The molecule has 0 aliphatic carbocycles. The first-order valence-corrected chi connectivity index (χ1v) is 13.1. The van der Waals surface area contributed by atoms with E-state index in [2.05, 4.69) is 25.7 Å². The third-order valence-corrected chi connectivity index (χ3v) is 6.94. The van der Waals surface area contributed by atoms with Crippen LogP contribution in [0.1, 0.15) is 35.0 Å². The molecule has 12 nitrogen and oxygen atoms in total. The lowest BCUT2D eigenvalue weighted by molar-refractivity contribution is -0.141. The van der Waals surface area contributed by atoms with E-state index in [1.807, 2.05) is 6.92 Å². The predicted molar refractivity (Wildman–Crippen MR) is 145 cm³/mol. The van der Waals surface area contributed by atoms with Crippen LogP contribution in [0.4, 0.5) is 24.7 Å². The fourth-order valence-corrected chi connectivity index (χ4v) is 4.88. The maximum absolute atomic E-state index is 13.7. The Bertz CT molecular complexity index is 1690. The minimum Gasteiger partial charge on any atom is -0.343 e. The monoisotopic (exact) mass is 580 g/mol. The van der Waals surface area contributed by atoms with Gasteiger partial charge in [-0.15, -0.1) is 0 Å². The van der Waals surface area contributed by atoms with Crippen LogP contribution in [0.15, 0.2) is 43.0 Å². The summed E-state index contributed by atoms with van der Waals surface area (Å²) in [6.45, 7) is 2.46. The van der Waals surface area contributed by atoms with Crippen LogP contribution in [-0.4, -0.2) is 66.5 Å². The summed E-state index contributed by atoms with van der Waals surface area (Å²) in [6.07, 6.45) is 1.85. The number of aromatic nitrogens is 5. The van der Waals surface area contributed by atoms with Crippen LogP contribution in [0.25, 0.3) is 16.9 Å². The van der Waals surface area contributed by atoms with Gasteiger partial charge in [-0.25, -0.2) is 9.97 Å². The Morgan fingerprint density at radius 1 is 1.26 bits per heavy atom. The number of hydrogen-bond acceptors (Lipinski definition) is 8. The van der Waals surface area contributed by atoms with Gasteiger partial charge < -0.3 is 21.3 Å². The van der Waals surface area contributed by atoms with Gasteiger partial charge in [0.1, 0.15) is 6.54 Å². The summed E-state index contributed by atoms with van der Waals surface area (Å²) in [7, 11) is 0. The van der Waals surface area contributed by atoms with Gasteiger partial charge in [-0.3, -0.25) is 18.7 Å². The average Bonchev–Trinajstić information content (AvgIpc) is 3.70. The summed E-state index contributed by atoms with van der Waals surface area (Å²) in [5, 5.41) is 18.3. The number of hydrogen-bond donors (Lipinski definition) is 3. The Kier molecular flexibility index (Phi) is 7.81. The van der Waals surface area contributed by atoms with Crippen LogP contribution in [0.3, 0.4) is 0 Å². The maximum Gasteiger partial charge on any atom is 0.435 e. The first-order valence-electron chi connectivity index (χ1n) is 13.1. The number of nitrogens with two attached hydrogens (primary N) is 1. The number of alkyl halides is 3. The van der Waals surface area contributed by atoms with Gasteiger partial charge in [0.15, 0.2) is 17.2 Å². The number of nitrogens with zero attached hydrogens (tertiary/aromatic N) is 7. The molecule has 0 radical (unpaired) electrons. The normalized spacial score (nSPS) is 15.1. The van der Waals surface area contributed by atoms with Crippen molar-refractivity contribution >= 4 is 29.0 Å². The summed E-state index contributed by atoms with van der Waals surface area (Å²) in [5.41, 5.74) is 6.59. The van der Waals surface area contributed by atoms with Gasteiger partial charge in [0.25, 0.3) is 5.91 Å². The number of aryl methyl sites for hydroxylation is 1. The topological polar surface area (TPSA) is 159 Å². The number of imidazole rings is 1. The zero-order chi connectivity index (χ0) is 30.0. The molecule has 1 aliphatic heterocycles. The van der Waals surface area contributed by atoms with E-state index in [0.29, 0.717) is 36.3 Å². The molecule has 0 spiro atoms. The number of carbonyl (C=O) groups excluding carboxylic acids is 2. The molecule has 1 aliphatic rings. The molecule has 0 bridgehead atoms. The van der Waals surface area contributed by atoms with Crippen molar-refractivity contribution in [1.82, 2.24) is 34.4 Å². The van der Waals surface area contributed by atoms with Crippen molar-refractivity contribution in [3.63, 3.8) is 0 Å². The number of nitriles is 1. The van der Waals surface area contributed by atoms with Crippen molar-refractivity contribution in [2.45, 2.75) is 38.5 Å². The molecular formula is C27H27F3N10O2. The minimum absolute atomic E-state index is 0.0453. The second-order valence-corrected chi connectivity index (χ2v) is 9.78. The summed E-state index contributed by atoms with van der Waals surface area (Å²) >= 11 is 0. The van der Waals surface area contributed by atoms with E-state index >= 15 is 0 Å². The Labute approximate surface area is 237 Å². The van der Waals surface area contributed by atoms with Crippen LogP contribution < -0.4 is 16.4 Å². The number of fused-ring (bicyclic) bond motifs is 1. The highest BCUT2D eigenvalue weighted by atomic mass is 19.4. The molecule has 5 rings (SSSR count). The smallest absolute Gasteiger partial charge is 0.343 e. The van der Waals surface area contributed by atoms with Gasteiger partial charge in [0.05, 0.1) is 30.1 Å². The molecule has 4 heterocycles. The van der Waals surface area contributed by atoms with Crippen LogP contribution in [0.5, 0.6) is 0 Å². The second-order valence-electron chi connectivity index (χ2n) is 9.78. The van der Waals surface area contributed by atoms with E-state index in [4.69, 9.17) is 11.0 Å². The second kappa shape index (κ2) is 11.5. The van der Waals surface area contributed by atoms with Crippen molar-refractivity contribution < 1.29 is 22.8 Å². The molecule has 4 N–H and O–H groups in total. The number of halogens is 3. The lowest BCUT2D eigenvalue weighted by Crippen LogP contribution is -2.40. The highest BCUT2D eigenvalue weighted by Gasteiger charge is 2.38. The van der Waals surface area contributed by atoms with E-state index in [-0.39, 0.29) is 53.7 Å². The molecule has 42 heavy (non-hydrogen) atoms. The van der Waals surface area contributed by atoms with E-state index in [1.54, 1.807) is 29.2 Å². The van der Waals surface area contributed by atoms with Crippen LogP contribution in [0, 0.1) is 11.3 Å². The highest BCUT2D eigenvalue weighted by molar-refractivity contribution is 5.98. The number of benzene rings is 1. The molecule has 1 aromatic carbocycles. The number of nitrogens with one attached hydrogen (secondary N) is 2. The molecule has 0 saturated carbocycles. The van der Waals surface area contributed by atoms with Crippen LogP contribution in [-0.2, 0) is 23.9 Å². The molecule has 2 amide bonds. The lowest BCUT2D eigenvalue weighted by atomic mass is 10.0. The zero-order valence-corrected chi connectivity index (χ0v) is 22.5. The largest absolute Gasteiger partial charge is 0.435 e. The molecular weight excluding hydrogens is 553 g/mol. The summed E-state index contributed by atoms with van der Waals surface area (Å²) in [4.78, 5) is 35.5. The van der Waals surface area contributed by atoms with Gasteiger partial charge >= 0.3 is 6.18 Å². The Morgan fingerprint density at radius 3 is 2.76 bits per heavy atom. The molecule has 1 saturated heterocycles.